The van der Waals surface area contributed by atoms with E-state index in [1.807, 2.05) is 0 Å². The first kappa shape index (κ1) is 30.5. The van der Waals surface area contributed by atoms with Crippen molar-refractivity contribution in [1.82, 2.24) is 14.6 Å². The molecule has 1 fully saturated rings. The van der Waals surface area contributed by atoms with Crippen molar-refractivity contribution in [2.75, 3.05) is 18.9 Å². The molecule has 1 aromatic rings. The summed E-state index contributed by atoms with van der Waals surface area (Å²) in [6.07, 6.45) is -1.32. The third-order valence-corrected chi connectivity index (χ3v) is 5.02. The molecule has 1 saturated heterocycles. The van der Waals surface area contributed by atoms with E-state index in [1.165, 1.54) is 5.38 Å². The fourth-order valence-corrected chi connectivity index (χ4v) is 3.64. The Morgan fingerprint density at radius 3 is 2.44 bits per heavy atom. The van der Waals surface area contributed by atoms with E-state index in [9.17, 15) is 37.3 Å². The number of aromatic nitrogens is 1. The number of nitrogens with one attached hydrogen (secondary N) is 1. The average Bonchev–Trinajstić information content (AvgIpc) is 3.04. The van der Waals surface area contributed by atoms with Crippen LogP contribution in [0, 0.1) is 0 Å². The zero-order chi connectivity index (χ0) is 22.6. The SMILES string of the molecule is NC(=O)OCC1C(NC(=O)C(=NOCC(=O)[O-])c2csc(N)n2)C(=O)N1S(=O)(=O)[O-].[Na+].[Na+]. The molecule has 20 heteroatoms. The molecule has 164 valence electrons. The Labute approximate surface area is 228 Å². The maximum atomic E-state index is 12.5. The molecule has 16 nitrogen and oxygen atoms in total. The number of amides is 3. The molecule has 2 rings (SSSR count). The number of nitrogens with zero attached hydrogens (tertiary/aromatic N) is 3. The van der Waals surface area contributed by atoms with Crippen LogP contribution in [0.5, 0.6) is 0 Å². The molecule has 2 heterocycles. The molecule has 0 saturated carbocycles. The predicted molar refractivity (Wildman–Crippen MR) is 91.8 cm³/mol. The van der Waals surface area contributed by atoms with E-state index < -0.39 is 65.2 Å². The van der Waals surface area contributed by atoms with Gasteiger partial charge in [0.25, 0.3) is 11.8 Å². The Balaban J connectivity index is 0.00000480. The first-order valence-electron chi connectivity index (χ1n) is 7.55. The molecule has 0 radical (unpaired) electrons. The monoisotopic (exact) mass is 510 g/mol. The second kappa shape index (κ2) is 12.7. The van der Waals surface area contributed by atoms with Crippen LogP contribution in [0.3, 0.4) is 0 Å². The van der Waals surface area contributed by atoms with Gasteiger partial charge in [-0.15, -0.1) is 11.3 Å². The normalized spacial score (nSPS) is 17.8. The Morgan fingerprint density at radius 2 is 1.97 bits per heavy atom. The van der Waals surface area contributed by atoms with Gasteiger partial charge in [0.15, 0.2) is 27.8 Å². The summed E-state index contributed by atoms with van der Waals surface area (Å²) in [5, 5.41) is 17.1. The molecule has 5 N–H and O–H groups in total. The van der Waals surface area contributed by atoms with Gasteiger partial charge in [0.05, 0.1) is 5.97 Å². The van der Waals surface area contributed by atoms with Crippen LogP contribution in [-0.2, 0) is 34.3 Å². The average molecular weight is 510 g/mol. The second-order valence-electron chi connectivity index (χ2n) is 5.40. The van der Waals surface area contributed by atoms with Gasteiger partial charge in [0.1, 0.15) is 24.4 Å². The third kappa shape index (κ3) is 7.81. The van der Waals surface area contributed by atoms with Gasteiger partial charge in [-0.2, -0.15) is 0 Å². The number of anilines is 1. The number of carbonyl (C=O) groups is 4. The minimum Gasteiger partial charge on any atom is -0.731 e. The van der Waals surface area contributed by atoms with E-state index in [0.717, 1.165) is 11.3 Å². The van der Waals surface area contributed by atoms with Crippen molar-refractivity contribution < 1.29 is 106 Å². The van der Waals surface area contributed by atoms with Crippen molar-refractivity contribution in [3.8, 4) is 0 Å². The molecule has 0 aromatic carbocycles. The Hall–Kier alpha value is -1.51. The smallest absolute Gasteiger partial charge is 0.731 e. The number of primary amides is 1. The molecule has 2 unspecified atom stereocenters. The summed E-state index contributed by atoms with van der Waals surface area (Å²) in [5.41, 5.74) is 9.47. The molecular formula is C12H12N6Na2O10S2. The number of carboxylic acid groups (broad SMARTS) is 1. The predicted octanol–water partition coefficient (Wildman–Crippen LogP) is -10.5. The molecule has 1 aromatic heterocycles. The van der Waals surface area contributed by atoms with Gasteiger partial charge < -0.3 is 40.8 Å². The maximum absolute atomic E-state index is 12.5. The fraction of sp³-hybridized carbons (Fsp3) is 0.333. The van der Waals surface area contributed by atoms with E-state index >= 15 is 0 Å². The quantitative estimate of drug-likeness (QED) is 0.0919. The zero-order valence-corrected chi connectivity index (χ0v) is 22.2. The zero-order valence-electron chi connectivity index (χ0n) is 16.5. The summed E-state index contributed by atoms with van der Waals surface area (Å²) in [6, 6.07) is -3.20. The number of rotatable bonds is 9. The van der Waals surface area contributed by atoms with E-state index in [-0.39, 0.29) is 74.2 Å². The molecule has 3 amide bonds. The van der Waals surface area contributed by atoms with Crippen LogP contribution in [-0.4, -0.2) is 77.1 Å². The van der Waals surface area contributed by atoms with Gasteiger partial charge in [-0.1, -0.05) is 5.16 Å². The number of carbonyl (C=O) groups excluding carboxylic acids is 4. The van der Waals surface area contributed by atoms with Crippen LogP contribution in [0.2, 0.25) is 0 Å². The summed E-state index contributed by atoms with van der Waals surface area (Å²) in [5.74, 6) is -4.13. The number of thiazole rings is 1. The second-order valence-corrected chi connectivity index (χ2v) is 7.54. The summed E-state index contributed by atoms with van der Waals surface area (Å²) in [4.78, 5) is 54.0. The number of nitrogen functional groups attached to an aromatic ring is 1. The molecule has 1 aliphatic rings. The standard InChI is InChI=1S/C12H14N6O10S2.2Na/c13-11-15-4(3-29-11)7(17-28-2-6(19)20)9(21)16-8-5(1-27-12(14)23)18(10(8)22)30(24,25)26;;/h3,5,8H,1-2H2,(H2,13,15)(H2,14,23)(H,16,21)(H,19,20)(H,24,25,26);;/q;2*+1/p-2. The van der Waals surface area contributed by atoms with Crippen LogP contribution < -0.4 is 81.0 Å². The van der Waals surface area contributed by atoms with Crippen LogP contribution >= 0.6 is 11.3 Å². The first-order valence-corrected chi connectivity index (χ1v) is 9.79. The summed E-state index contributed by atoms with van der Waals surface area (Å²) >= 11 is 0.899. The number of nitrogens with two attached hydrogens (primary N) is 2. The molecule has 0 spiro atoms. The molecule has 1 aliphatic heterocycles. The number of aliphatic carboxylic acids is 1. The molecular weight excluding hydrogens is 498 g/mol. The minimum absolute atomic E-state index is 0. The van der Waals surface area contributed by atoms with Crippen LogP contribution in [0.4, 0.5) is 9.93 Å². The number of carboxylic acids is 1. The van der Waals surface area contributed by atoms with Gasteiger partial charge in [0.2, 0.25) is 0 Å². The van der Waals surface area contributed by atoms with Crippen molar-refractivity contribution >= 4 is 56.4 Å². The largest absolute Gasteiger partial charge is 1.00 e. The number of hydrogen-bond donors (Lipinski definition) is 3. The van der Waals surface area contributed by atoms with Gasteiger partial charge in [-0.25, -0.2) is 22.5 Å². The number of β-lactam (4-membered cyclic amide) rings is 1. The number of oxime groups is 1. The van der Waals surface area contributed by atoms with Crippen molar-refractivity contribution in [1.29, 1.82) is 0 Å². The number of hydrogen-bond acceptors (Lipinski definition) is 14. The van der Waals surface area contributed by atoms with Gasteiger partial charge in [-0.3, -0.25) is 9.59 Å². The summed E-state index contributed by atoms with van der Waals surface area (Å²) < 4.78 is 37.9. The topological polar surface area (TPSA) is 260 Å². The van der Waals surface area contributed by atoms with E-state index in [1.54, 1.807) is 0 Å². The number of ether oxygens (including phenoxy) is 1. The van der Waals surface area contributed by atoms with Crippen molar-refractivity contribution in [3.05, 3.63) is 11.1 Å². The fourth-order valence-electron chi connectivity index (χ4n) is 2.24. The van der Waals surface area contributed by atoms with Crippen LogP contribution in [0.1, 0.15) is 5.69 Å². The Kier molecular flexibility index (Phi) is 12.1. The van der Waals surface area contributed by atoms with Crippen molar-refractivity contribution in [2.45, 2.75) is 12.1 Å². The molecule has 32 heavy (non-hydrogen) atoms. The molecule has 0 bridgehead atoms. The first-order chi connectivity index (χ1) is 13.9. The van der Waals surface area contributed by atoms with Crippen LogP contribution in [0.15, 0.2) is 10.5 Å². The van der Waals surface area contributed by atoms with E-state index in [0.29, 0.717) is 0 Å². The summed E-state index contributed by atoms with van der Waals surface area (Å²) in [7, 11) is -5.28. The van der Waals surface area contributed by atoms with Gasteiger partial charge >= 0.3 is 65.2 Å². The Bertz CT molecular complexity index is 1020. The minimum atomic E-state index is -5.28. The van der Waals surface area contributed by atoms with Gasteiger partial charge in [0, 0.05) is 5.38 Å². The van der Waals surface area contributed by atoms with Gasteiger partial charge in [-0.05, 0) is 0 Å². The van der Waals surface area contributed by atoms with Crippen molar-refractivity contribution in [2.24, 2.45) is 10.9 Å². The van der Waals surface area contributed by atoms with Crippen molar-refractivity contribution in [3.63, 3.8) is 0 Å². The van der Waals surface area contributed by atoms with Crippen LogP contribution in [0.25, 0.3) is 0 Å². The third-order valence-electron chi connectivity index (χ3n) is 3.41. The van der Waals surface area contributed by atoms with E-state index in [4.69, 9.17) is 11.5 Å². The molecule has 2 atom stereocenters. The molecule has 0 aliphatic carbocycles. The summed E-state index contributed by atoms with van der Waals surface area (Å²) in [6.45, 7) is -1.83. The Morgan fingerprint density at radius 1 is 1.34 bits per heavy atom. The van der Waals surface area contributed by atoms with E-state index in [2.05, 4.69) is 25.0 Å². The maximum Gasteiger partial charge on any atom is 1.00 e.